The SMILES string of the molecule is CC(NC(=O)CSc1nc2c(c(-c3cccnc3)c1C#N)CCCC2)C12CC3CC(CC(C3)C1)C2. The lowest BCUT2D eigenvalue weighted by Gasteiger charge is -2.59. The van der Waals surface area contributed by atoms with Crippen LogP contribution in [0.15, 0.2) is 29.6 Å². The number of thioether (sulfide) groups is 1. The molecule has 35 heavy (non-hydrogen) atoms. The maximum absolute atomic E-state index is 13.1. The van der Waals surface area contributed by atoms with Crippen molar-refractivity contribution in [1.82, 2.24) is 15.3 Å². The Morgan fingerprint density at radius 3 is 2.57 bits per heavy atom. The van der Waals surface area contributed by atoms with Gasteiger partial charge in [-0.1, -0.05) is 17.8 Å². The number of hydrogen-bond acceptors (Lipinski definition) is 5. The maximum Gasteiger partial charge on any atom is 0.230 e. The van der Waals surface area contributed by atoms with Crippen molar-refractivity contribution in [3.63, 3.8) is 0 Å². The Kier molecular flexibility index (Phi) is 6.08. The number of hydrogen-bond donors (Lipinski definition) is 1. The van der Waals surface area contributed by atoms with Gasteiger partial charge in [0, 0.05) is 35.3 Å². The van der Waals surface area contributed by atoms with E-state index in [1.807, 2.05) is 18.3 Å². The number of nitriles is 1. The molecule has 0 aliphatic heterocycles. The molecule has 6 heteroatoms. The minimum Gasteiger partial charge on any atom is -0.352 e. The van der Waals surface area contributed by atoms with Crippen LogP contribution in [-0.2, 0) is 17.6 Å². The summed E-state index contributed by atoms with van der Waals surface area (Å²) in [6.07, 6.45) is 15.8. The monoisotopic (exact) mass is 486 g/mol. The van der Waals surface area contributed by atoms with Gasteiger partial charge in [0.2, 0.25) is 5.91 Å². The second-order valence-electron chi connectivity index (χ2n) is 11.5. The van der Waals surface area contributed by atoms with Gasteiger partial charge < -0.3 is 5.32 Å². The van der Waals surface area contributed by atoms with E-state index in [4.69, 9.17) is 4.98 Å². The molecular formula is C29H34N4OS. The van der Waals surface area contributed by atoms with E-state index in [1.165, 1.54) is 55.9 Å². The summed E-state index contributed by atoms with van der Waals surface area (Å²) in [6, 6.07) is 6.57. The molecule has 0 spiro atoms. The first-order valence-corrected chi connectivity index (χ1v) is 14.3. The number of carbonyl (C=O) groups is 1. The van der Waals surface area contributed by atoms with Gasteiger partial charge in [0.15, 0.2) is 0 Å². The first-order valence-electron chi connectivity index (χ1n) is 13.3. The average Bonchev–Trinajstić information content (AvgIpc) is 2.86. The third kappa shape index (κ3) is 4.27. The number of aromatic nitrogens is 2. The molecule has 4 fully saturated rings. The van der Waals surface area contributed by atoms with Gasteiger partial charge in [0.1, 0.15) is 11.1 Å². The number of nitrogens with zero attached hydrogens (tertiary/aromatic N) is 3. The number of amides is 1. The molecule has 2 aromatic heterocycles. The average molecular weight is 487 g/mol. The molecule has 0 saturated heterocycles. The summed E-state index contributed by atoms with van der Waals surface area (Å²) in [6.45, 7) is 2.23. The Morgan fingerprint density at radius 2 is 1.91 bits per heavy atom. The second-order valence-corrected chi connectivity index (χ2v) is 12.5. The predicted octanol–water partition coefficient (Wildman–Crippen LogP) is 5.71. The molecule has 1 amide bonds. The standard InChI is InChI=1S/C29H34N4OS/c1-18(29-12-19-9-20(13-29)11-21(10-19)14-29)32-26(34)17-35-28-24(15-30)27(22-5-4-8-31-16-22)23-6-2-3-7-25(23)33-28/h4-5,8,16,18-21H,2-3,6-7,9-14,17H2,1H3,(H,32,34). The van der Waals surface area contributed by atoms with Crippen LogP contribution in [-0.4, -0.2) is 27.7 Å². The van der Waals surface area contributed by atoms with Crippen LogP contribution in [0.25, 0.3) is 11.1 Å². The zero-order chi connectivity index (χ0) is 24.0. The maximum atomic E-state index is 13.1. The Morgan fingerprint density at radius 1 is 1.20 bits per heavy atom. The molecule has 182 valence electrons. The highest BCUT2D eigenvalue weighted by molar-refractivity contribution is 8.00. The number of carbonyl (C=O) groups excluding carboxylic acids is 1. The van der Waals surface area contributed by atoms with E-state index < -0.39 is 0 Å². The van der Waals surface area contributed by atoms with E-state index in [0.29, 0.717) is 21.8 Å². The first-order chi connectivity index (χ1) is 17.0. The highest BCUT2D eigenvalue weighted by Gasteiger charge is 2.53. The first kappa shape index (κ1) is 23.0. The van der Waals surface area contributed by atoms with Crippen molar-refractivity contribution in [3.05, 3.63) is 41.3 Å². The van der Waals surface area contributed by atoms with Crippen molar-refractivity contribution in [2.75, 3.05) is 5.75 Å². The van der Waals surface area contributed by atoms with Crippen LogP contribution in [0.3, 0.4) is 0 Å². The summed E-state index contributed by atoms with van der Waals surface area (Å²) in [4.78, 5) is 22.3. The molecule has 2 aromatic rings. The topological polar surface area (TPSA) is 78.7 Å². The van der Waals surface area contributed by atoms with Crippen LogP contribution in [0.2, 0.25) is 0 Å². The van der Waals surface area contributed by atoms with E-state index in [0.717, 1.165) is 60.3 Å². The van der Waals surface area contributed by atoms with Crippen molar-refractivity contribution >= 4 is 17.7 Å². The fourth-order valence-electron chi connectivity index (χ4n) is 8.03. The third-order valence-corrected chi connectivity index (χ3v) is 10.2. The number of nitrogens with one attached hydrogen (secondary N) is 1. The van der Waals surface area contributed by atoms with Crippen LogP contribution in [0.1, 0.15) is 75.1 Å². The third-order valence-electron chi connectivity index (χ3n) is 9.22. The molecule has 0 aromatic carbocycles. The minimum absolute atomic E-state index is 0.0598. The van der Waals surface area contributed by atoms with E-state index in [-0.39, 0.29) is 11.9 Å². The van der Waals surface area contributed by atoms with Crippen molar-refractivity contribution in [1.29, 1.82) is 5.26 Å². The molecule has 5 aliphatic carbocycles. The summed E-state index contributed by atoms with van der Waals surface area (Å²) in [5.41, 5.74) is 5.08. The molecule has 1 N–H and O–H groups in total. The van der Waals surface area contributed by atoms with Crippen molar-refractivity contribution < 1.29 is 4.79 Å². The van der Waals surface area contributed by atoms with E-state index >= 15 is 0 Å². The normalized spacial score (nSPS) is 29.3. The lowest BCUT2D eigenvalue weighted by molar-refractivity contribution is -0.123. The summed E-state index contributed by atoms with van der Waals surface area (Å²) < 4.78 is 0. The van der Waals surface area contributed by atoms with Crippen molar-refractivity contribution in [2.24, 2.45) is 23.2 Å². The van der Waals surface area contributed by atoms with Gasteiger partial charge in [-0.3, -0.25) is 9.78 Å². The van der Waals surface area contributed by atoms with E-state index in [2.05, 4.69) is 23.3 Å². The summed E-state index contributed by atoms with van der Waals surface area (Å²) in [5, 5.41) is 14.2. The minimum atomic E-state index is 0.0598. The van der Waals surface area contributed by atoms with E-state index in [9.17, 15) is 10.1 Å². The van der Waals surface area contributed by atoms with Gasteiger partial charge in [0.05, 0.1) is 11.3 Å². The molecule has 5 nitrogen and oxygen atoms in total. The highest BCUT2D eigenvalue weighted by atomic mass is 32.2. The summed E-state index contributed by atoms with van der Waals surface area (Å²) in [7, 11) is 0. The molecule has 1 atom stereocenters. The largest absolute Gasteiger partial charge is 0.352 e. The van der Waals surface area contributed by atoms with Gasteiger partial charge in [-0.15, -0.1) is 0 Å². The van der Waals surface area contributed by atoms with Gasteiger partial charge in [-0.05, 0) is 106 Å². The number of rotatable bonds is 6. The van der Waals surface area contributed by atoms with Crippen LogP contribution in [0, 0.1) is 34.5 Å². The van der Waals surface area contributed by atoms with E-state index in [1.54, 1.807) is 6.20 Å². The number of aryl methyl sites for hydroxylation is 1. The molecule has 4 saturated carbocycles. The zero-order valence-electron chi connectivity index (χ0n) is 20.6. The smallest absolute Gasteiger partial charge is 0.230 e. The van der Waals surface area contributed by atoms with Crippen LogP contribution < -0.4 is 5.32 Å². The van der Waals surface area contributed by atoms with Gasteiger partial charge in [-0.25, -0.2) is 4.98 Å². The fraction of sp³-hybridized carbons (Fsp3) is 0.586. The summed E-state index contributed by atoms with van der Waals surface area (Å²) in [5.74, 6) is 2.98. The van der Waals surface area contributed by atoms with Gasteiger partial charge in [0.25, 0.3) is 0 Å². The lowest BCUT2D eigenvalue weighted by atomic mass is 9.48. The molecule has 2 heterocycles. The Bertz CT molecular complexity index is 1140. The molecule has 0 radical (unpaired) electrons. The zero-order valence-corrected chi connectivity index (χ0v) is 21.4. The molecule has 4 bridgehead atoms. The van der Waals surface area contributed by atoms with Crippen LogP contribution >= 0.6 is 11.8 Å². The van der Waals surface area contributed by atoms with Gasteiger partial charge in [-0.2, -0.15) is 5.26 Å². The highest BCUT2D eigenvalue weighted by Crippen LogP contribution is 2.61. The Labute approximate surface area is 212 Å². The molecular weight excluding hydrogens is 452 g/mol. The van der Waals surface area contributed by atoms with Crippen molar-refractivity contribution in [2.45, 2.75) is 82.2 Å². The Hall–Kier alpha value is -2.39. The predicted molar refractivity (Wildman–Crippen MR) is 138 cm³/mol. The van der Waals surface area contributed by atoms with Crippen LogP contribution in [0.5, 0.6) is 0 Å². The molecule has 1 unspecified atom stereocenters. The quantitative estimate of drug-likeness (QED) is 0.529. The summed E-state index contributed by atoms with van der Waals surface area (Å²) >= 11 is 1.41. The molecule has 5 aliphatic rings. The lowest BCUT2D eigenvalue weighted by Crippen LogP contribution is -2.56. The molecule has 7 rings (SSSR count). The number of pyridine rings is 2. The van der Waals surface area contributed by atoms with Gasteiger partial charge >= 0.3 is 0 Å². The fourth-order valence-corrected chi connectivity index (χ4v) is 8.85. The number of fused-ring (bicyclic) bond motifs is 1. The second kappa shape index (κ2) is 9.24. The van der Waals surface area contributed by atoms with Crippen molar-refractivity contribution in [3.8, 4) is 17.2 Å². The Balaban J connectivity index is 1.20. The van der Waals surface area contributed by atoms with Crippen LogP contribution in [0.4, 0.5) is 0 Å².